The van der Waals surface area contributed by atoms with Crippen molar-refractivity contribution in [2.75, 3.05) is 37.8 Å². The van der Waals surface area contributed by atoms with Crippen LogP contribution in [-0.4, -0.2) is 123 Å². The molecule has 8 unspecified atom stereocenters. The summed E-state index contributed by atoms with van der Waals surface area (Å²) >= 11 is 1.16. The van der Waals surface area contributed by atoms with Crippen LogP contribution in [0.3, 0.4) is 0 Å². The van der Waals surface area contributed by atoms with E-state index in [1.165, 1.54) is 123 Å². The minimum absolute atomic E-state index is 0.0345. The topological polar surface area (TPSA) is 364 Å². The van der Waals surface area contributed by atoms with Gasteiger partial charge in [0.1, 0.15) is 36.3 Å². The minimum atomic E-state index is -5.58. The van der Waals surface area contributed by atoms with E-state index in [4.69, 9.17) is 19.5 Å². The first-order valence-electron chi connectivity index (χ1n) is 26.0. The SMILES string of the molecule is CCCCCCCC(C)CCCCCCCCCCCCCCCC(=O)SCCNC(=O)CCNC(=O)C(O)C(C)(C)COP(=O)(O)OP(=O)(O)OCC1OC(n2cnc3c(N)ncnc32)C(O)C1OP(=O)(O)O. The average molecular weight is 1130 g/mol. The second-order valence-corrected chi connectivity index (χ2v) is 25.1. The monoisotopic (exact) mass is 1130 g/mol. The Kier molecular flexibility index (Phi) is 30.0. The molecular weight excluding hydrogens is 1050 g/mol. The lowest BCUT2D eigenvalue weighted by Gasteiger charge is -2.30. The number of nitrogens with two attached hydrogens (primary N) is 1. The number of fused-ring (bicyclic) bond motifs is 1. The van der Waals surface area contributed by atoms with Crippen molar-refractivity contribution < 1.29 is 80.5 Å². The smallest absolute Gasteiger partial charge is 0.386 e. The number of aliphatic hydroxyl groups excluding tert-OH is 2. The molecule has 8 atom stereocenters. The first-order chi connectivity index (χ1) is 34.9. The molecule has 3 rings (SSSR count). The lowest BCUT2D eigenvalue weighted by Crippen LogP contribution is -2.46. The highest BCUT2D eigenvalue weighted by molar-refractivity contribution is 8.13. The summed E-state index contributed by atoms with van der Waals surface area (Å²) in [6.45, 7) is 5.28. The van der Waals surface area contributed by atoms with Crippen molar-refractivity contribution >= 4 is 69.1 Å². The van der Waals surface area contributed by atoms with Gasteiger partial charge in [0.05, 0.1) is 19.5 Å². The molecule has 24 nitrogen and oxygen atoms in total. The Balaban J connectivity index is 1.22. The predicted octanol–water partition coefficient (Wildman–Crippen LogP) is 7.51. The summed E-state index contributed by atoms with van der Waals surface area (Å²) in [6, 6.07) is 0. The van der Waals surface area contributed by atoms with Crippen LogP contribution in [0.5, 0.6) is 0 Å². The molecule has 426 valence electrons. The number of nitrogens with one attached hydrogen (secondary N) is 2. The van der Waals surface area contributed by atoms with Gasteiger partial charge in [-0.05, 0) is 12.3 Å². The van der Waals surface area contributed by atoms with Gasteiger partial charge >= 0.3 is 23.5 Å². The number of amides is 2. The van der Waals surface area contributed by atoms with Crippen LogP contribution < -0.4 is 16.4 Å². The molecule has 1 aliphatic rings. The van der Waals surface area contributed by atoms with E-state index in [0.29, 0.717) is 12.2 Å². The maximum atomic E-state index is 12.8. The molecule has 1 aliphatic heterocycles. The molecule has 0 spiro atoms. The molecule has 2 amide bonds. The summed E-state index contributed by atoms with van der Waals surface area (Å²) < 4.78 is 62.6. The lowest BCUT2D eigenvalue weighted by molar-refractivity contribution is -0.137. The second kappa shape index (κ2) is 33.8. The normalized spacial score (nSPS) is 19.8. The second-order valence-electron chi connectivity index (χ2n) is 19.7. The molecule has 2 aromatic rings. The number of hydrogen-bond acceptors (Lipinski definition) is 18. The van der Waals surface area contributed by atoms with E-state index in [2.05, 4.69) is 48.3 Å². The van der Waals surface area contributed by atoms with Crippen molar-refractivity contribution in [2.24, 2.45) is 11.3 Å². The molecule has 28 heteroatoms. The van der Waals surface area contributed by atoms with E-state index < -0.39 is 84.6 Å². The number of rotatable bonds is 41. The summed E-state index contributed by atoms with van der Waals surface area (Å²) in [6.07, 6.45) is 19.4. The van der Waals surface area contributed by atoms with Crippen molar-refractivity contribution in [3.8, 4) is 0 Å². The Morgan fingerprint density at radius 2 is 1.38 bits per heavy atom. The van der Waals surface area contributed by atoms with Crippen LogP contribution in [0.15, 0.2) is 12.7 Å². The van der Waals surface area contributed by atoms with E-state index in [9.17, 15) is 57.9 Å². The number of phosphoric ester groups is 3. The van der Waals surface area contributed by atoms with Crippen molar-refractivity contribution in [3.63, 3.8) is 0 Å². The van der Waals surface area contributed by atoms with Crippen LogP contribution in [0.4, 0.5) is 5.82 Å². The Bertz CT molecular complexity index is 2140. The van der Waals surface area contributed by atoms with E-state index in [1.807, 2.05) is 0 Å². The van der Waals surface area contributed by atoms with Gasteiger partial charge in [0.25, 0.3) is 0 Å². The molecule has 74 heavy (non-hydrogen) atoms. The standard InChI is InChI=1S/C46H84N7O17P3S/c1-5-6-7-17-20-23-34(2)24-21-18-15-13-11-9-8-10-12-14-16-19-22-25-37(55)74-29-28-48-36(54)26-27-49-44(58)41(57)46(3,4)31-67-73(64,65)70-72(62,63)66-30-35-40(69-71(59,60)61)39(56)45(68-35)53-33-52-38-42(47)50-32-51-43(38)53/h32-35,39-41,45,56-57H,5-31H2,1-4H3,(H,48,54)(H,49,58)(H,62,63)(H,64,65)(H2,47,50,51)(H2,59,60,61). The lowest BCUT2D eigenvalue weighted by atomic mass is 9.87. The van der Waals surface area contributed by atoms with Gasteiger partial charge in [0.15, 0.2) is 22.8 Å². The largest absolute Gasteiger partial charge is 0.481 e. The van der Waals surface area contributed by atoms with Crippen LogP contribution in [0.2, 0.25) is 0 Å². The number of nitrogen functional groups attached to an aromatic ring is 1. The van der Waals surface area contributed by atoms with E-state index in [-0.39, 0.29) is 41.6 Å². The van der Waals surface area contributed by atoms with Crippen LogP contribution >= 0.6 is 35.2 Å². The summed E-state index contributed by atoms with van der Waals surface area (Å²) in [5.74, 6) is -0.139. The molecule has 1 fully saturated rings. The summed E-state index contributed by atoms with van der Waals surface area (Å²) in [5.41, 5.74) is 4.30. The quantitative estimate of drug-likeness (QED) is 0.0230. The Morgan fingerprint density at radius 3 is 1.97 bits per heavy atom. The highest BCUT2D eigenvalue weighted by Gasteiger charge is 2.50. The van der Waals surface area contributed by atoms with Gasteiger partial charge in [-0.1, -0.05) is 161 Å². The molecule has 2 aromatic heterocycles. The number of thioether (sulfide) groups is 1. The molecule has 0 bridgehead atoms. The molecule has 10 N–H and O–H groups in total. The first kappa shape index (κ1) is 65.8. The number of aliphatic hydroxyl groups is 2. The van der Waals surface area contributed by atoms with E-state index >= 15 is 0 Å². The maximum absolute atomic E-state index is 12.8. The molecule has 0 radical (unpaired) electrons. The maximum Gasteiger partial charge on any atom is 0.481 e. The van der Waals surface area contributed by atoms with E-state index in [0.717, 1.165) is 54.2 Å². The van der Waals surface area contributed by atoms with Crippen LogP contribution in [0.1, 0.15) is 175 Å². The number of phosphoric acid groups is 3. The number of nitrogens with zero attached hydrogens (tertiary/aromatic N) is 4. The van der Waals surface area contributed by atoms with Crippen molar-refractivity contribution in [2.45, 2.75) is 200 Å². The molecule has 0 aromatic carbocycles. The van der Waals surface area contributed by atoms with Gasteiger partial charge in [-0.15, -0.1) is 0 Å². The third kappa shape index (κ3) is 25.8. The van der Waals surface area contributed by atoms with Gasteiger partial charge in [-0.2, -0.15) is 4.31 Å². The number of imidazole rings is 1. The highest BCUT2D eigenvalue weighted by Crippen LogP contribution is 2.61. The zero-order chi connectivity index (χ0) is 54.8. The van der Waals surface area contributed by atoms with Crippen molar-refractivity contribution in [1.82, 2.24) is 30.2 Å². The molecule has 1 saturated heterocycles. The fraction of sp³-hybridized carbons (Fsp3) is 0.826. The van der Waals surface area contributed by atoms with E-state index in [1.54, 1.807) is 0 Å². The molecule has 0 aliphatic carbocycles. The van der Waals surface area contributed by atoms with Crippen LogP contribution in [-0.2, 0) is 50.7 Å². The van der Waals surface area contributed by atoms with Gasteiger partial charge in [-0.3, -0.25) is 32.5 Å². The number of aromatic nitrogens is 4. The van der Waals surface area contributed by atoms with Gasteiger partial charge in [0, 0.05) is 37.1 Å². The Hall–Kier alpha value is -2.44. The van der Waals surface area contributed by atoms with Gasteiger partial charge < -0.3 is 50.9 Å². The number of carbonyl (C=O) groups excluding carboxylic acids is 3. The average Bonchev–Trinajstić information content (AvgIpc) is 3.89. The molecule has 3 heterocycles. The summed E-state index contributed by atoms with van der Waals surface area (Å²) in [5, 5.41) is 26.7. The number of ether oxygens (including phenoxy) is 1. The predicted molar refractivity (Wildman–Crippen MR) is 279 cm³/mol. The highest BCUT2D eigenvalue weighted by atomic mass is 32.2. The number of carbonyl (C=O) groups is 3. The fourth-order valence-electron chi connectivity index (χ4n) is 8.31. The minimum Gasteiger partial charge on any atom is -0.386 e. The third-order valence-corrected chi connectivity index (χ3v) is 16.7. The Morgan fingerprint density at radius 1 is 0.811 bits per heavy atom. The third-order valence-electron chi connectivity index (χ3n) is 12.6. The number of anilines is 1. The van der Waals surface area contributed by atoms with Crippen LogP contribution in [0, 0.1) is 11.3 Å². The van der Waals surface area contributed by atoms with Gasteiger partial charge in [-0.25, -0.2) is 28.6 Å². The molecular formula is C46H84N7O17P3S. The fourth-order valence-corrected chi connectivity index (χ4v) is 11.9. The number of hydrogen-bond donors (Lipinski definition) is 9. The Labute approximate surface area is 439 Å². The zero-order valence-corrected chi connectivity index (χ0v) is 47.0. The summed E-state index contributed by atoms with van der Waals surface area (Å²) in [7, 11) is -16.4. The van der Waals surface area contributed by atoms with Crippen LogP contribution in [0.25, 0.3) is 11.2 Å². The van der Waals surface area contributed by atoms with Crippen molar-refractivity contribution in [3.05, 3.63) is 12.7 Å². The molecule has 0 saturated carbocycles. The van der Waals surface area contributed by atoms with Gasteiger partial charge in [0.2, 0.25) is 11.8 Å². The summed E-state index contributed by atoms with van der Waals surface area (Å²) in [4.78, 5) is 88.6. The van der Waals surface area contributed by atoms with Crippen molar-refractivity contribution in [1.29, 1.82) is 0 Å². The number of unbranched alkanes of at least 4 members (excludes halogenated alkanes) is 16. The first-order valence-corrected chi connectivity index (χ1v) is 31.5. The zero-order valence-electron chi connectivity index (χ0n) is 43.5.